The minimum atomic E-state index is -0.00206. The van der Waals surface area contributed by atoms with Crippen LogP contribution < -0.4 is 5.32 Å². The van der Waals surface area contributed by atoms with E-state index in [2.05, 4.69) is 23.5 Å². The Balaban J connectivity index is 2.09. The number of amides is 1. The van der Waals surface area contributed by atoms with Crippen LogP contribution in [0.15, 0.2) is 54.6 Å². The molecule has 1 N–H and O–H groups in total. The van der Waals surface area contributed by atoms with E-state index in [1.165, 1.54) is 11.1 Å². The van der Waals surface area contributed by atoms with Crippen molar-refractivity contribution in [3.63, 3.8) is 0 Å². The minimum absolute atomic E-state index is 0.00206. The molecule has 0 spiro atoms. The van der Waals surface area contributed by atoms with Gasteiger partial charge in [-0.05, 0) is 29.7 Å². The van der Waals surface area contributed by atoms with Crippen molar-refractivity contribution in [2.45, 2.75) is 20.3 Å². The van der Waals surface area contributed by atoms with Crippen molar-refractivity contribution in [2.75, 3.05) is 5.32 Å². The minimum Gasteiger partial charge on any atom is -0.326 e. The van der Waals surface area contributed by atoms with Crippen LogP contribution >= 0.6 is 0 Å². The first-order valence-electron chi connectivity index (χ1n) is 6.59. The molecular weight excluding hydrogens is 234 g/mol. The SMILES string of the molecule is CC(C)C(=O)Nc1cccc(Cc2ccccc2)c1. The van der Waals surface area contributed by atoms with Crippen LogP contribution in [0.4, 0.5) is 5.69 Å². The quantitative estimate of drug-likeness (QED) is 0.880. The first kappa shape index (κ1) is 13.3. The van der Waals surface area contributed by atoms with E-state index in [1.54, 1.807) is 0 Å². The van der Waals surface area contributed by atoms with Crippen molar-refractivity contribution in [3.8, 4) is 0 Å². The highest BCUT2D eigenvalue weighted by atomic mass is 16.1. The number of benzene rings is 2. The summed E-state index contributed by atoms with van der Waals surface area (Å²) in [6, 6.07) is 18.3. The molecule has 0 heterocycles. The van der Waals surface area contributed by atoms with E-state index < -0.39 is 0 Å². The van der Waals surface area contributed by atoms with Crippen LogP contribution in [0.3, 0.4) is 0 Å². The van der Waals surface area contributed by atoms with Gasteiger partial charge in [0.25, 0.3) is 0 Å². The van der Waals surface area contributed by atoms with Crippen molar-refractivity contribution >= 4 is 11.6 Å². The zero-order valence-corrected chi connectivity index (χ0v) is 11.4. The first-order chi connectivity index (χ1) is 9.15. The van der Waals surface area contributed by atoms with Gasteiger partial charge >= 0.3 is 0 Å². The predicted octanol–water partition coefficient (Wildman–Crippen LogP) is 3.87. The van der Waals surface area contributed by atoms with E-state index in [0.29, 0.717) is 0 Å². The second-order valence-electron chi connectivity index (χ2n) is 5.01. The molecule has 0 aromatic heterocycles. The van der Waals surface area contributed by atoms with Gasteiger partial charge in [0.2, 0.25) is 5.91 Å². The average Bonchev–Trinajstić information content (AvgIpc) is 2.40. The topological polar surface area (TPSA) is 29.1 Å². The lowest BCUT2D eigenvalue weighted by molar-refractivity contribution is -0.118. The second kappa shape index (κ2) is 6.19. The molecule has 0 aliphatic carbocycles. The molecule has 0 atom stereocenters. The van der Waals surface area contributed by atoms with Crippen molar-refractivity contribution < 1.29 is 4.79 Å². The van der Waals surface area contributed by atoms with E-state index >= 15 is 0 Å². The van der Waals surface area contributed by atoms with Crippen LogP contribution in [-0.2, 0) is 11.2 Å². The maximum atomic E-state index is 11.7. The molecule has 0 fully saturated rings. The third kappa shape index (κ3) is 3.95. The molecule has 2 nitrogen and oxygen atoms in total. The third-order valence-electron chi connectivity index (χ3n) is 2.97. The van der Waals surface area contributed by atoms with Gasteiger partial charge in [-0.15, -0.1) is 0 Å². The number of carbonyl (C=O) groups excluding carboxylic acids is 1. The fraction of sp³-hybridized carbons (Fsp3) is 0.235. The molecule has 0 saturated carbocycles. The van der Waals surface area contributed by atoms with Crippen molar-refractivity contribution in [1.29, 1.82) is 0 Å². The summed E-state index contributed by atoms with van der Waals surface area (Å²) in [5, 5.41) is 2.93. The molecule has 2 aromatic carbocycles. The summed E-state index contributed by atoms with van der Waals surface area (Å²) in [7, 11) is 0. The molecule has 0 unspecified atom stereocenters. The number of hydrogen-bond acceptors (Lipinski definition) is 1. The fourth-order valence-corrected chi connectivity index (χ4v) is 1.88. The highest BCUT2D eigenvalue weighted by Gasteiger charge is 2.07. The molecule has 2 heteroatoms. The summed E-state index contributed by atoms with van der Waals surface area (Å²) in [5.74, 6) is 0.0506. The highest BCUT2D eigenvalue weighted by molar-refractivity contribution is 5.92. The average molecular weight is 253 g/mol. The second-order valence-corrected chi connectivity index (χ2v) is 5.01. The number of nitrogens with one attached hydrogen (secondary N) is 1. The zero-order chi connectivity index (χ0) is 13.7. The van der Waals surface area contributed by atoms with Crippen molar-refractivity contribution in [1.82, 2.24) is 0 Å². The maximum absolute atomic E-state index is 11.7. The summed E-state index contributed by atoms with van der Waals surface area (Å²) >= 11 is 0. The van der Waals surface area contributed by atoms with E-state index in [0.717, 1.165) is 12.1 Å². The molecule has 1 amide bonds. The van der Waals surface area contributed by atoms with E-state index in [-0.39, 0.29) is 11.8 Å². The normalized spacial score (nSPS) is 10.5. The van der Waals surface area contributed by atoms with E-state index in [4.69, 9.17) is 0 Å². The Morgan fingerprint density at radius 1 is 1.00 bits per heavy atom. The predicted molar refractivity (Wildman–Crippen MR) is 79.2 cm³/mol. The molecule has 2 rings (SSSR count). The monoisotopic (exact) mass is 253 g/mol. The lowest BCUT2D eigenvalue weighted by Gasteiger charge is -2.09. The van der Waals surface area contributed by atoms with Crippen LogP contribution in [0.5, 0.6) is 0 Å². The molecule has 98 valence electrons. The van der Waals surface area contributed by atoms with Gasteiger partial charge in [0.15, 0.2) is 0 Å². The summed E-state index contributed by atoms with van der Waals surface area (Å²) in [5.41, 5.74) is 3.34. The number of rotatable bonds is 4. The Hall–Kier alpha value is -2.09. The van der Waals surface area contributed by atoms with Crippen LogP contribution in [-0.4, -0.2) is 5.91 Å². The Kier molecular flexibility index (Phi) is 4.35. The summed E-state index contributed by atoms with van der Waals surface area (Å²) in [6.07, 6.45) is 0.881. The van der Waals surface area contributed by atoms with Crippen LogP contribution in [0, 0.1) is 5.92 Å². The molecule has 0 aliphatic rings. The Bertz CT molecular complexity index is 546. The largest absolute Gasteiger partial charge is 0.326 e. The highest BCUT2D eigenvalue weighted by Crippen LogP contribution is 2.15. The summed E-state index contributed by atoms with van der Waals surface area (Å²) in [4.78, 5) is 11.7. The van der Waals surface area contributed by atoms with E-state index in [1.807, 2.05) is 50.2 Å². The zero-order valence-electron chi connectivity index (χ0n) is 11.4. The number of hydrogen-bond donors (Lipinski definition) is 1. The molecular formula is C17H19NO. The van der Waals surface area contributed by atoms with Crippen molar-refractivity contribution in [3.05, 3.63) is 65.7 Å². The van der Waals surface area contributed by atoms with Gasteiger partial charge in [-0.2, -0.15) is 0 Å². The molecule has 0 radical (unpaired) electrons. The van der Waals surface area contributed by atoms with Crippen molar-refractivity contribution in [2.24, 2.45) is 5.92 Å². The molecule has 0 saturated heterocycles. The van der Waals surface area contributed by atoms with Gasteiger partial charge in [-0.25, -0.2) is 0 Å². The lowest BCUT2D eigenvalue weighted by atomic mass is 10.0. The standard InChI is InChI=1S/C17H19NO/c1-13(2)17(19)18-16-10-6-9-15(12-16)11-14-7-4-3-5-8-14/h3-10,12-13H,11H2,1-2H3,(H,18,19). The van der Waals surface area contributed by atoms with Gasteiger partial charge < -0.3 is 5.32 Å². The van der Waals surface area contributed by atoms with Gasteiger partial charge in [0, 0.05) is 11.6 Å². The Labute approximate surface area is 114 Å². The van der Waals surface area contributed by atoms with Crippen LogP contribution in [0.2, 0.25) is 0 Å². The summed E-state index contributed by atoms with van der Waals surface area (Å²) < 4.78 is 0. The van der Waals surface area contributed by atoms with Gasteiger partial charge in [-0.1, -0.05) is 56.3 Å². The lowest BCUT2D eigenvalue weighted by Crippen LogP contribution is -2.17. The first-order valence-corrected chi connectivity index (χ1v) is 6.59. The Morgan fingerprint density at radius 3 is 2.37 bits per heavy atom. The fourth-order valence-electron chi connectivity index (χ4n) is 1.88. The van der Waals surface area contributed by atoms with Crippen LogP contribution in [0.1, 0.15) is 25.0 Å². The summed E-state index contributed by atoms with van der Waals surface area (Å²) in [6.45, 7) is 3.78. The number of anilines is 1. The molecule has 2 aromatic rings. The maximum Gasteiger partial charge on any atom is 0.226 e. The molecule has 0 bridgehead atoms. The number of carbonyl (C=O) groups is 1. The smallest absolute Gasteiger partial charge is 0.226 e. The molecule has 0 aliphatic heterocycles. The Morgan fingerprint density at radius 2 is 1.68 bits per heavy atom. The van der Waals surface area contributed by atoms with E-state index in [9.17, 15) is 4.79 Å². The molecule has 19 heavy (non-hydrogen) atoms. The van der Waals surface area contributed by atoms with Gasteiger partial charge in [0.05, 0.1) is 0 Å². The van der Waals surface area contributed by atoms with Gasteiger partial charge in [0.1, 0.15) is 0 Å². The van der Waals surface area contributed by atoms with Crippen LogP contribution in [0.25, 0.3) is 0 Å². The third-order valence-corrected chi connectivity index (χ3v) is 2.97. The van der Waals surface area contributed by atoms with Gasteiger partial charge in [-0.3, -0.25) is 4.79 Å².